The molecular formula is C9H15NO3S. The number of hydrogen-bond donors (Lipinski definition) is 1. The summed E-state index contributed by atoms with van der Waals surface area (Å²) in [6.07, 6.45) is 1.51. The van der Waals surface area contributed by atoms with Crippen LogP contribution in [0, 0.1) is 0 Å². The Morgan fingerprint density at radius 1 is 1.57 bits per heavy atom. The molecule has 0 fully saturated rings. The molecule has 1 N–H and O–H groups in total. The van der Waals surface area contributed by atoms with Crippen LogP contribution in [0.2, 0.25) is 0 Å². The summed E-state index contributed by atoms with van der Waals surface area (Å²) < 4.78 is 10.0. The van der Waals surface area contributed by atoms with Crippen molar-refractivity contribution in [1.29, 1.82) is 0 Å². The Morgan fingerprint density at radius 2 is 2.21 bits per heavy atom. The normalized spacial score (nSPS) is 15.8. The average Bonchev–Trinajstić information content (AvgIpc) is 2.57. The molecule has 0 aliphatic heterocycles. The van der Waals surface area contributed by atoms with Crippen LogP contribution in [-0.4, -0.2) is 36.2 Å². The predicted molar refractivity (Wildman–Crippen MR) is 54.2 cm³/mol. The zero-order valence-electron chi connectivity index (χ0n) is 8.56. The second-order valence-electron chi connectivity index (χ2n) is 3.26. The first-order valence-electron chi connectivity index (χ1n) is 4.26. The van der Waals surface area contributed by atoms with Gasteiger partial charge in [0, 0.05) is 32.2 Å². The van der Waals surface area contributed by atoms with Crippen molar-refractivity contribution in [2.75, 3.05) is 14.2 Å². The van der Waals surface area contributed by atoms with Gasteiger partial charge in [0.15, 0.2) is 6.29 Å². The van der Waals surface area contributed by atoms with Crippen LogP contribution < -0.4 is 0 Å². The van der Waals surface area contributed by atoms with Crippen LogP contribution in [0.4, 0.5) is 0 Å². The van der Waals surface area contributed by atoms with Gasteiger partial charge < -0.3 is 14.6 Å². The van der Waals surface area contributed by atoms with Gasteiger partial charge in [0.1, 0.15) is 5.60 Å². The fourth-order valence-electron chi connectivity index (χ4n) is 1.33. The highest BCUT2D eigenvalue weighted by atomic mass is 32.1. The molecule has 5 heteroatoms. The minimum absolute atomic E-state index is 0.428. The topological polar surface area (TPSA) is 51.6 Å². The Bertz CT molecular complexity index is 257. The molecule has 0 saturated heterocycles. The lowest BCUT2D eigenvalue weighted by molar-refractivity contribution is -0.207. The van der Waals surface area contributed by atoms with Gasteiger partial charge in [-0.25, -0.2) is 4.98 Å². The quantitative estimate of drug-likeness (QED) is 0.749. The first kappa shape index (κ1) is 11.6. The third-order valence-corrected chi connectivity index (χ3v) is 2.71. The van der Waals surface area contributed by atoms with E-state index >= 15 is 0 Å². The lowest BCUT2D eigenvalue weighted by Crippen LogP contribution is -2.43. The highest BCUT2D eigenvalue weighted by Gasteiger charge is 2.33. The number of ether oxygens (including phenoxy) is 2. The van der Waals surface area contributed by atoms with Crippen molar-refractivity contribution in [3.63, 3.8) is 0 Å². The molecular weight excluding hydrogens is 202 g/mol. The van der Waals surface area contributed by atoms with Crippen LogP contribution in [-0.2, 0) is 15.9 Å². The smallest absolute Gasteiger partial charge is 0.185 e. The minimum atomic E-state index is -1.05. The van der Waals surface area contributed by atoms with E-state index in [0.717, 1.165) is 5.01 Å². The predicted octanol–water partition coefficient (Wildman–Crippen LogP) is 1.06. The standard InChI is InChI=1S/C9H15NO3S/c1-9(11,8(12-2)13-3)6-7-10-4-5-14-7/h4-5,8,11H,6H2,1-3H3. The van der Waals surface area contributed by atoms with Gasteiger partial charge in [-0.3, -0.25) is 0 Å². The van der Waals surface area contributed by atoms with Crippen LogP contribution in [0.15, 0.2) is 11.6 Å². The van der Waals surface area contributed by atoms with Crippen molar-refractivity contribution in [3.8, 4) is 0 Å². The molecule has 1 heterocycles. The van der Waals surface area contributed by atoms with E-state index in [9.17, 15) is 5.11 Å². The average molecular weight is 217 g/mol. The Balaban J connectivity index is 2.65. The third kappa shape index (κ3) is 2.75. The lowest BCUT2D eigenvalue weighted by Gasteiger charge is -2.29. The van der Waals surface area contributed by atoms with Crippen molar-refractivity contribution in [1.82, 2.24) is 4.98 Å². The highest BCUT2D eigenvalue weighted by molar-refractivity contribution is 7.09. The Morgan fingerprint density at radius 3 is 2.64 bits per heavy atom. The van der Waals surface area contributed by atoms with Crippen molar-refractivity contribution in [2.45, 2.75) is 25.2 Å². The molecule has 0 radical (unpaired) electrons. The number of aliphatic hydroxyl groups is 1. The molecule has 1 unspecified atom stereocenters. The summed E-state index contributed by atoms with van der Waals surface area (Å²) in [4.78, 5) is 4.10. The Labute approximate surface area is 87.5 Å². The molecule has 1 rings (SSSR count). The number of hydrogen-bond acceptors (Lipinski definition) is 5. The SMILES string of the molecule is COC(OC)C(C)(O)Cc1nccs1. The van der Waals surface area contributed by atoms with Gasteiger partial charge in [0.25, 0.3) is 0 Å². The largest absolute Gasteiger partial charge is 0.384 e. The van der Waals surface area contributed by atoms with Gasteiger partial charge in [-0.1, -0.05) is 0 Å². The molecule has 0 amide bonds. The van der Waals surface area contributed by atoms with Crippen molar-refractivity contribution < 1.29 is 14.6 Å². The summed E-state index contributed by atoms with van der Waals surface area (Å²) in [6, 6.07) is 0. The molecule has 1 aromatic rings. The number of rotatable bonds is 5. The van der Waals surface area contributed by atoms with Crippen LogP contribution in [0.25, 0.3) is 0 Å². The van der Waals surface area contributed by atoms with E-state index in [2.05, 4.69) is 4.98 Å². The van der Waals surface area contributed by atoms with Gasteiger partial charge in [-0.2, -0.15) is 0 Å². The minimum Gasteiger partial charge on any atom is -0.384 e. The summed E-state index contributed by atoms with van der Waals surface area (Å²) in [5, 5.41) is 12.8. The molecule has 1 atom stereocenters. The van der Waals surface area contributed by atoms with Gasteiger partial charge in [0.05, 0.1) is 5.01 Å². The Kier molecular flexibility index (Phi) is 4.00. The van der Waals surface area contributed by atoms with E-state index in [1.807, 2.05) is 5.38 Å². The summed E-state index contributed by atoms with van der Waals surface area (Å²) in [5.74, 6) is 0. The van der Waals surface area contributed by atoms with Gasteiger partial charge in [-0.05, 0) is 6.92 Å². The second kappa shape index (κ2) is 4.84. The van der Waals surface area contributed by atoms with E-state index < -0.39 is 11.9 Å². The molecule has 14 heavy (non-hydrogen) atoms. The molecule has 0 aliphatic carbocycles. The fourth-order valence-corrected chi connectivity index (χ4v) is 2.11. The van der Waals surface area contributed by atoms with E-state index in [4.69, 9.17) is 9.47 Å². The van der Waals surface area contributed by atoms with E-state index in [1.54, 1.807) is 13.1 Å². The molecule has 0 aliphatic rings. The molecule has 0 spiro atoms. The first-order chi connectivity index (χ1) is 6.60. The van der Waals surface area contributed by atoms with Crippen molar-refractivity contribution >= 4 is 11.3 Å². The first-order valence-corrected chi connectivity index (χ1v) is 5.14. The maximum absolute atomic E-state index is 10.1. The zero-order chi connectivity index (χ0) is 10.6. The summed E-state index contributed by atoms with van der Waals surface area (Å²) in [5.41, 5.74) is -1.05. The third-order valence-electron chi connectivity index (χ3n) is 1.93. The van der Waals surface area contributed by atoms with Gasteiger partial charge >= 0.3 is 0 Å². The molecule has 0 saturated carbocycles. The van der Waals surface area contributed by atoms with E-state index in [1.165, 1.54) is 25.6 Å². The number of thiazole rings is 1. The van der Waals surface area contributed by atoms with Crippen molar-refractivity contribution in [3.05, 3.63) is 16.6 Å². The van der Waals surface area contributed by atoms with Gasteiger partial charge in [-0.15, -0.1) is 11.3 Å². The second-order valence-corrected chi connectivity index (χ2v) is 4.24. The Hall–Kier alpha value is -0.490. The van der Waals surface area contributed by atoms with Crippen LogP contribution in [0.1, 0.15) is 11.9 Å². The lowest BCUT2D eigenvalue weighted by atomic mass is 10.0. The molecule has 0 bridgehead atoms. The van der Waals surface area contributed by atoms with Crippen LogP contribution in [0.3, 0.4) is 0 Å². The molecule has 4 nitrogen and oxygen atoms in total. The zero-order valence-corrected chi connectivity index (χ0v) is 9.37. The fraction of sp³-hybridized carbons (Fsp3) is 0.667. The summed E-state index contributed by atoms with van der Waals surface area (Å²) in [6.45, 7) is 1.67. The van der Waals surface area contributed by atoms with Gasteiger partial charge in [0.2, 0.25) is 0 Å². The van der Waals surface area contributed by atoms with Crippen LogP contribution >= 0.6 is 11.3 Å². The monoisotopic (exact) mass is 217 g/mol. The molecule has 0 aromatic carbocycles. The summed E-state index contributed by atoms with van der Waals surface area (Å²) in [7, 11) is 3.01. The highest BCUT2D eigenvalue weighted by Crippen LogP contribution is 2.20. The number of aromatic nitrogens is 1. The van der Waals surface area contributed by atoms with E-state index in [-0.39, 0.29) is 0 Å². The summed E-state index contributed by atoms with van der Waals surface area (Å²) >= 11 is 1.51. The number of nitrogens with zero attached hydrogens (tertiary/aromatic N) is 1. The van der Waals surface area contributed by atoms with E-state index in [0.29, 0.717) is 6.42 Å². The number of methoxy groups -OCH3 is 2. The maximum atomic E-state index is 10.1. The maximum Gasteiger partial charge on any atom is 0.185 e. The van der Waals surface area contributed by atoms with Crippen molar-refractivity contribution in [2.24, 2.45) is 0 Å². The molecule has 80 valence electrons. The van der Waals surface area contributed by atoms with Crippen LogP contribution in [0.5, 0.6) is 0 Å². The molecule has 1 aromatic heterocycles.